The number of nitrogens with zero attached hydrogens (tertiary/aromatic N) is 4. The fourth-order valence-electron chi connectivity index (χ4n) is 0.858. The van der Waals surface area contributed by atoms with E-state index in [0.717, 1.165) is 0 Å². The summed E-state index contributed by atoms with van der Waals surface area (Å²) in [4.78, 5) is 11.4. The van der Waals surface area contributed by atoms with E-state index >= 15 is 0 Å². The number of rotatable bonds is 2. The predicted molar refractivity (Wildman–Crippen MR) is 41.8 cm³/mol. The van der Waals surface area contributed by atoms with Crippen LogP contribution < -0.4 is 0 Å². The second-order valence-corrected chi connectivity index (χ2v) is 2.20. The maximum absolute atomic E-state index is 12.8. The summed E-state index contributed by atoms with van der Waals surface area (Å²) in [6.45, 7) is 0. The van der Waals surface area contributed by atoms with Crippen molar-refractivity contribution in [2.75, 3.05) is 0 Å². The molecule has 0 bridgehead atoms. The molecule has 0 radical (unpaired) electrons. The highest BCUT2D eigenvalue weighted by molar-refractivity contribution is 5.57. The van der Waals surface area contributed by atoms with E-state index in [2.05, 4.69) is 10.0 Å². The van der Waals surface area contributed by atoms with E-state index in [1.54, 1.807) is 0 Å². The summed E-state index contributed by atoms with van der Waals surface area (Å²) in [5, 5.41) is 13.1. The Morgan fingerprint density at radius 1 is 1.50 bits per heavy atom. The van der Waals surface area contributed by atoms with E-state index < -0.39 is 27.9 Å². The van der Waals surface area contributed by atoms with Crippen LogP contribution in [0.15, 0.2) is 17.2 Å². The minimum atomic E-state index is -1.38. The van der Waals surface area contributed by atoms with Gasteiger partial charge in [-0.3, -0.25) is 10.1 Å². The zero-order chi connectivity index (χ0) is 10.7. The lowest BCUT2D eigenvalue weighted by Crippen LogP contribution is -1.93. The van der Waals surface area contributed by atoms with Gasteiger partial charge in [0.05, 0.1) is 4.92 Å². The summed E-state index contributed by atoms with van der Waals surface area (Å²) in [5.41, 5.74) is 6.28. The first-order valence-electron chi connectivity index (χ1n) is 3.25. The van der Waals surface area contributed by atoms with Crippen molar-refractivity contribution >= 4 is 11.4 Å². The van der Waals surface area contributed by atoms with Gasteiger partial charge in [0.2, 0.25) is 5.82 Å². The molecule has 0 aliphatic carbocycles. The molecule has 0 aromatic heterocycles. The van der Waals surface area contributed by atoms with Crippen LogP contribution in [0.2, 0.25) is 0 Å². The SMILES string of the molecule is [N-]=[N+]=Nc1cc(F)cc(F)c1[N+](=O)[O-]. The van der Waals surface area contributed by atoms with Crippen molar-refractivity contribution in [1.29, 1.82) is 0 Å². The molecule has 0 amide bonds. The molecule has 0 fully saturated rings. The van der Waals surface area contributed by atoms with Gasteiger partial charge in [0.25, 0.3) is 0 Å². The van der Waals surface area contributed by atoms with Crippen LogP contribution in [0.5, 0.6) is 0 Å². The van der Waals surface area contributed by atoms with Crippen LogP contribution in [0.1, 0.15) is 0 Å². The lowest BCUT2D eigenvalue weighted by Gasteiger charge is -1.97. The van der Waals surface area contributed by atoms with Crippen LogP contribution in [-0.2, 0) is 0 Å². The van der Waals surface area contributed by atoms with Crippen LogP contribution in [0.3, 0.4) is 0 Å². The Hall–Kier alpha value is -2.21. The molecule has 0 spiro atoms. The van der Waals surface area contributed by atoms with Gasteiger partial charge in [0.1, 0.15) is 11.5 Å². The van der Waals surface area contributed by atoms with Crippen LogP contribution >= 0.6 is 0 Å². The molecule has 0 saturated carbocycles. The maximum atomic E-state index is 12.8. The topological polar surface area (TPSA) is 91.9 Å². The number of hydrogen-bond acceptors (Lipinski definition) is 3. The number of nitro benzene ring substituents is 1. The van der Waals surface area contributed by atoms with Crippen LogP contribution in [0.25, 0.3) is 10.4 Å². The van der Waals surface area contributed by atoms with Crippen molar-refractivity contribution in [1.82, 2.24) is 0 Å². The first kappa shape index (κ1) is 9.87. The standard InChI is InChI=1S/C6H2F2N4O2/c7-3-1-4(8)6(12(13)14)5(2-3)10-11-9/h1-2H. The third-order valence-electron chi connectivity index (χ3n) is 1.34. The van der Waals surface area contributed by atoms with Gasteiger partial charge < -0.3 is 0 Å². The van der Waals surface area contributed by atoms with Crippen molar-refractivity contribution in [2.24, 2.45) is 5.11 Å². The highest BCUT2D eigenvalue weighted by Gasteiger charge is 2.20. The molecule has 14 heavy (non-hydrogen) atoms. The molecule has 6 nitrogen and oxygen atoms in total. The summed E-state index contributed by atoms with van der Waals surface area (Å²) < 4.78 is 25.4. The minimum Gasteiger partial charge on any atom is -0.258 e. The Kier molecular flexibility index (Phi) is 2.59. The van der Waals surface area contributed by atoms with Crippen molar-refractivity contribution in [2.45, 2.75) is 0 Å². The molecule has 8 heteroatoms. The van der Waals surface area contributed by atoms with Crippen molar-refractivity contribution in [3.05, 3.63) is 44.3 Å². The molecule has 1 rings (SSSR count). The molecule has 1 aromatic carbocycles. The summed E-state index contributed by atoms with van der Waals surface area (Å²) in [7, 11) is 0. The molecule has 72 valence electrons. The first-order chi connectivity index (χ1) is 6.56. The van der Waals surface area contributed by atoms with E-state index in [-0.39, 0.29) is 0 Å². The normalized spacial score (nSPS) is 9.29. The monoisotopic (exact) mass is 200 g/mol. The molecular weight excluding hydrogens is 198 g/mol. The predicted octanol–water partition coefficient (Wildman–Crippen LogP) is 2.81. The van der Waals surface area contributed by atoms with E-state index in [9.17, 15) is 18.9 Å². The zero-order valence-electron chi connectivity index (χ0n) is 6.52. The fourth-order valence-corrected chi connectivity index (χ4v) is 0.858. The largest absolute Gasteiger partial charge is 0.314 e. The van der Waals surface area contributed by atoms with E-state index in [1.807, 2.05) is 0 Å². The number of hydrogen-bond donors (Lipinski definition) is 0. The van der Waals surface area contributed by atoms with E-state index in [1.165, 1.54) is 0 Å². The maximum Gasteiger partial charge on any atom is 0.314 e. The molecule has 0 N–H and O–H groups in total. The Balaban J connectivity index is 3.51. The minimum absolute atomic E-state index is 0.342. The third kappa shape index (κ3) is 1.75. The molecule has 0 saturated heterocycles. The van der Waals surface area contributed by atoms with Gasteiger partial charge in [0.15, 0.2) is 0 Å². The number of azide groups is 1. The number of nitro groups is 1. The Morgan fingerprint density at radius 2 is 2.14 bits per heavy atom. The first-order valence-corrected chi connectivity index (χ1v) is 3.25. The van der Waals surface area contributed by atoms with E-state index in [4.69, 9.17) is 5.53 Å². The molecule has 1 aromatic rings. The quantitative estimate of drug-likeness (QED) is 0.241. The summed E-state index contributed by atoms with van der Waals surface area (Å²) in [6.07, 6.45) is 0. The molecule has 0 aliphatic heterocycles. The average Bonchev–Trinajstić information content (AvgIpc) is 2.01. The van der Waals surface area contributed by atoms with Gasteiger partial charge >= 0.3 is 5.69 Å². The van der Waals surface area contributed by atoms with Gasteiger partial charge in [-0.05, 0) is 11.6 Å². The lowest BCUT2D eigenvalue weighted by molar-refractivity contribution is -0.386. The van der Waals surface area contributed by atoms with Crippen LogP contribution in [-0.4, -0.2) is 4.92 Å². The van der Waals surface area contributed by atoms with Gasteiger partial charge in [-0.1, -0.05) is 5.11 Å². The summed E-state index contributed by atoms with van der Waals surface area (Å²) >= 11 is 0. The Morgan fingerprint density at radius 3 is 2.64 bits per heavy atom. The second kappa shape index (κ2) is 3.67. The van der Waals surface area contributed by atoms with Gasteiger partial charge in [-0.15, -0.1) is 0 Å². The second-order valence-electron chi connectivity index (χ2n) is 2.20. The molecule has 0 atom stereocenters. The average molecular weight is 200 g/mol. The van der Waals surface area contributed by atoms with Crippen molar-refractivity contribution < 1.29 is 13.7 Å². The number of halogens is 2. The van der Waals surface area contributed by atoms with Gasteiger partial charge in [-0.25, -0.2) is 4.39 Å². The lowest BCUT2D eigenvalue weighted by atomic mass is 10.2. The highest BCUT2D eigenvalue weighted by atomic mass is 19.1. The highest BCUT2D eigenvalue weighted by Crippen LogP contribution is 2.31. The van der Waals surface area contributed by atoms with Crippen molar-refractivity contribution in [3.63, 3.8) is 0 Å². The van der Waals surface area contributed by atoms with Crippen LogP contribution in [0.4, 0.5) is 20.2 Å². The molecule has 0 heterocycles. The fraction of sp³-hybridized carbons (Fsp3) is 0. The zero-order valence-corrected chi connectivity index (χ0v) is 6.52. The molecule has 0 aliphatic rings. The van der Waals surface area contributed by atoms with Gasteiger partial charge in [0, 0.05) is 11.0 Å². The third-order valence-corrected chi connectivity index (χ3v) is 1.34. The van der Waals surface area contributed by atoms with Crippen molar-refractivity contribution in [3.8, 4) is 0 Å². The Bertz CT molecular complexity index is 442. The summed E-state index contributed by atoms with van der Waals surface area (Å²) in [6, 6.07) is 0.926. The van der Waals surface area contributed by atoms with E-state index in [0.29, 0.717) is 12.1 Å². The Labute approximate surface area is 75.5 Å². The van der Waals surface area contributed by atoms with Gasteiger partial charge in [-0.2, -0.15) is 4.39 Å². The molecule has 0 unspecified atom stereocenters. The molecular formula is C6H2F2N4O2. The number of benzene rings is 1. The van der Waals surface area contributed by atoms with Crippen LogP contribution in [0, 0.1) is 21.7 Å². The smallest absolute Gasteiger partial charge is 0.258 e. The summed E-state index contributed by atoms with van der Waals surface area (Å²) in [5.74, 6) is -2.42.